The fourth-order valence-corrected chi connectivity index (χ4v) is 2.90. The lowest BCUT2D eigenvalue weighted by molar-refractivity contribution is -0.142. The van der Waals surface area contributed by atoms with Gasteiger partial charge in [0.05, 0.1) is 5.39 Å². The SMILES string of the molecule is CC(C)C(C(=O)NC(CCCN=C(N)N)C(=O)O)n1nnc2ccccc2c1=O. The summed E-state index contributed by atoms with van der Waals surface area (Å²) in [7, 11) is 0. The van der Waals surface area contributed by atoms with E-state index in [-0.39, 0.29) is 24.8 Å². The Morgan fingerprint density at radius 2 is 1.97 bits per heavy atom. The van der Waals surface area contributed by atoms with Crippen molar-refractivity contribution in [1.29, 1.82) is 0 Å². The van der Waals surface area contributed by atoms with Gasteiger partial charge in [-0.2, -0.15) is 4.68 Å². The zero-order valence-corrected chi connectivity index (χ0v) is 16.3. The van der Waals surface area contributed by atoms with E-state index in [9.17, 15) is 19.5 Å². The quantitative estimate of drug-likeness (QED) is 0.248. The highest BCUT2D eigenvalue weighted by atomic mass is 16.4. The Balaban J connectivity index is 2.24. The molecule has 1 aromatic carbocycles. The average Bonchev–Trinajstić information content (AvgIpc) is 2.65. The molecule has 29 heavy (non-hydrogen) atoms. The summed E-state index contributed by atoms with van der Waals surface area (Å²) in [6.45, 7) is 3.72. The molecule has 0 bridgehead atoms. The number of amides is 1. The topological polar surface area (TPSA) is 179 Å². The maximum absolute atomic E-state index is 12.9. The number of benzene rings is 1. The van der Waals surface area contributed by atoms with Crippen molar-refractivity contribution in [1.82, 2.24) is 20.3 Å². The molecule has 0 saturated carbocycles. The second kappa shape index (κ2) is 9.62. The van der Waals surface area contributed by atoms with Crippen LogP contribution in [0, 0.1) is 5.92 Å². The van der Waals surface area contributed by atoms with E-state index in [0.29, 0.717) is 17.3 Å². The molecule has 0 aliphatic carbocycles. The van der Waals surface area contributed by atoms with Crippen LogP contribution in [0.4, 0.5) is 0 Å². The Kier molecular flexibility index (Phi) is 7.23. The summed E-state index contributed by atoms with van der Waals surface area (Å²) in [6.07, 6.45) is 0.484. The standard InChI is InChI=1S/C18H25N7O4/c1-10(2)14(25-16(27)11-6-3-4-7-12(11)23-24-25)15(26)22-13(17(28)29)8-5-9-21-18(19)20/h3-4,6-7,10,13-14H,5,8-9H2,1-2H3,(H,22,26)(H,28,29)(H4,19,20,21). The third-order valence-electron chi connectivity index (χ3n) is 4.31. The summed E-state index contributed by atoms with van der Waals surface area (Å²) in [6, 6.07) is 4.50. The molecule has 2 rings (SSSR count). The van der Waals surface area contributed by atoms with E-state index in [4.69, 9.17) is 11.5 Å². The van der Waals surface area contributed by atoms with Crippen LogP contribution in [0.25, 0.3) is 10.9 Å². The minimum absolute atomic E-state index is 0.0879. The maximum Gasteiger partial charge on any atom is 0.326 e. The first-order valence-electron chi connectivity index (χ1n) is 9.15. The number of guanidine groups is 1. The van der Waals surface area contributed by atoms with E-state index in [0.717, 1.165) is 4.68 Å². The van der Waals surface area contributed by atoms with Crippen LogP contribution in [0.2, 0.25) is 0 Å². The van der Waals surface area contributed by atoms with E-state index in [1.165, 1.54) is 0 Å². The monoisotopic (exact) mass is 403 g/mol. The summed E-state index contributed by atoms with van der Waals surface area (Å²) in [4.78, 5) is 41.0. The van der Waals surface area contributed by atoms with Gasteiger partial charge in [-0.1, -0.05) is 31.2 Å². The van der Waals surface area contributed by atoms with Crippen molar-refractivity contribution in [3.05, 3.63) is 34.6 Å². The predicted octanol–water partition coefficient (Wildman–Crippen LogP) is -0.388. The molecule has 1 aromatic heterocycles. The summed E-state index contributed by atoms with van der Waals surface area (Å²) < 4.78 is 1.00. The minimum atomic E-state index is -1.19. The van der Waals surface area contributed by atoms with E-state index >= 15 is 0 Å². The van der Waals surface area contributed by atoms with Gasteiger partial charge in [0, 0.05) is 6.54 Å². The number of carboxylic acid groups (broad SMARTS) is 1. The molecule has 156 valence electrons. The molecule has 1 heterocycles. The smallest absolute Gasteiger partial charge is 0.326 e. The highest BCUT2D eigenvalue weighted by Crippen LogP contribution is 2.17. The van der Waals surface area contributed by atoms with Gasteiger partial charge in [0.15, 0.2) is 5.96 Å². The number of nitrogens with two attached hydrogens (primary N) is 2. The highest BCUT2D eigenvalue weighted by molar-refractivity contribution is 5.86. The van der Waals surface area contributed by atoms with E-state index in [1.54, 1.807) is 38.1 Å². The number of carbonyl (C=O) groups excluding carboxylic acids is 1. The number of aliphatic carboxylic acids is 1. The Morgan fingerprint density at radius 1 is 1.28 bits per heavy atom. The van der Waals surface area contributed by atoms with Crippen LogP contribution in [0.1, 0.15) is 32.7 Å². The molecule has 0 aliphatic heterocycles. The van der Waals surface area contributed by atoms with Gasteiger partial charge in [0.1, 0.15) is 17.6 Å². The molecule has 0 fully saturated rings. The Bertz CT molecular complexity index is 966. The number of rotatable bonds is 9. The molecule has 1 amide bonds. The van der Waals surface area contributed by atoms with Gasteiger partial charge in [0.25, 0.3) is 5.56 Å². The first-order valence-corrected chi connectivity index (χ1v) is 9.15. The lowest BCUT2D eigenvalue weighted by atomic mass is 10.0. The second-order valence-corrected chi connectivity index (χ2v) is 6.89. The minimum Gasteiger partial charge on any atom is -0.480 e. The molecule has 2 atom stereocenters. The third kappa shape index (κ3) is 5.50. The first-order chi connectivity index (χ1) is 13.7. The number of nitrogens with one attached hydrogen (secondary N) is 1. The molecule has 11 heteroatoms. The van der Waals surface area contributed by atoms with E-state index in [2.05, 4.69) is 20.6 Å². The zero-order chi connectivity index (χ0) is 21.6. The Labute approximate surface area is 166 Å². The molecule has 0 spiro atoms. The molecule has 0 aliphatic rings. The van der Waals surface area contributed by atoms with Crippen LogP contribution in [-0.4, -0.2) is 50.5 Å². The van der Waals surface area contributed by atoms with Crippen molar-refractivity contribution in [3.63, 3.8) is 0 Å². The Hall–Kier alpha value is -3.50. The first kappa shape index (κ1) is 21.8. The third-order valence-corrected chi connectivity index (χ3v) is 4.31. The highest BCUT2D eigenvalue weighted by Gasteiger charge is 2.30. The van der Waals surface area contributed by atoms with Crippen molar-refractivity contribution < 1.29 is 14.7 Å². The van der Waals surface area contributed by atoms with Gasteiger partial charge in [-0.15, -0.1) is 5.10 Å². The largest absolute Gasteiger partial charge is 0.480 e. The van der Waals surface area contributed by atoms with Gasteiger partial charge >= 0.3 is 5.97 Å². The molecular formula is C18H25N7O4. The van der Waals surface area contributed by atoms with Crippen LogP contribution >= 0.6 is 0 Å². The van der Waals surface area contributed by atoms with Crippen molar-refractivity contribution in [2.75, 3.05) is 6.54 Å². The normalized spacial score (nSPS) is 13.1. The van der Waals surface area contributed by atoms with Crippen molar-refractivity contribution >= 4 is 28.7 Å². The fourth-order valence-electron chi connectivity index (χ4n) is 2.90. The van der Waals surface area contributed by atoms with Crippen LogP contribution in [0.3, 0.4) is 0 Å². The molecule has 2 aromatic rings. The van der Waals surface area contributed by atoms with Crippen molar-refractivity contribution in [2.45, 2.75) is 38.8 Å². The van der Waals surface area contributed by atoms with Crippen molar-refractivity contribution in [2.24, 2.45) is 22.4 Å². The molecule has 6 N–H and O–H groups in total. The summed E-state index contributed by atoms with van der Waals surface area (Å²) in [5.74, 6) is -2.24. The Morgan fingerprint density at radius 3 is 2.59 bits per heavy atom. The number of fused-ring (bicyclic) bond motifs is 1. The van der Waals surface area contributed by atoms with Gasteiger partial charge in [0.2, 0.25) is 5.91 Å². The summed E-state index contributed by atoms with van der Waals surface area (Å²) in [5, 5.41) is 20.1. The molecule has 0 radical (unpaired) electrons. The number of hydrogen-bond acceptors (Lipinski definition) is 6. The van der Waals surface area contributed by atoms with Gasteiger partial charge in [-0.25, -0.2) is 4.79 Å². The molecular weight excluding hydrogens is 378 g/mol. The molecule has 11 nitrogen and oxygen atoms in total. The van der Waals surface area contributed by atoms with Gasteiger partial charge < -0.3 is 21.9 Å². The van der Waals surface area contributed by atoms with Crippen molar-refractivity contribution in [3.8, 4) is 0 Å². The summed E-state index contributed by atoms with van der Waals surface area (Å²) in [5.41, 5.74) is 10.4. The number of nitrogens with zero attached hydrogens (tertiary/aromatic N) is 4. The number of aromatic nitrogens is 3. The van der Waals surface area contributed by atoms with Gasteiger partial charge in [-0.3, -0.25) is 14.6 Å². The molecule has 2 unspecified atom stereocenters. The fraction of sp³-hybridized carbons (Fsp3) is 0.444. The maximum atomic E-state index is 12.9. The second-order valence-electron chi connectivity index (χ2n) is 6.89. The van der Waals surface area contributed by atoms with E-state index in [1.807, 2.05) is 0 Å². The van der Waals surface area contributed by atoms with Crippen LogP contribution in [0.5, 0.6) is 0 Å². The lowest BCUT2D eigenvalue weighted by Crippen LogP contribution is -2.47. The zero-order valence-electron chi connectivity index (χ0n) is 16.3. The van der Waals surface area contributed by atoms with E-state index < -0.39 is 29.5 Å². The average molecular weight is 403 g/mol. The lowest BCUT2D eigenvalue weighted by Gasteiger charge is -2.23. The van der Waals surface area contributed by atoms with Crippen LogP contribution in [-0.2, 0) is 9.59 Å². The number of carbonyl (C=O) groups is 2. The number of carboxylic acids is 1. The summed E-state index contributed by atoms with van der Waals surface area (Å²) >= 11 is 0. The number of hydrogen-bond donors (Lipinski definition) is 4. The van der Waals surface area contributed by atoms with Crippen LogP contribution in [0.15, 0.2) is 34.1 Å². The number of aliphatic imine (C=N–C) groups is 1. The van der Waals surface area contributed by atoms with Crippen LogP contribution < -0.4 is 22.3 Å². The molecule has 0 saturated heterocycles. The predicted molar refractivity (Wildman–Crippen MR) is 107 cm³/mol. The van der Waals surface area contributed by atoms with Gasteiger partial charge in [-0.05, 0) is 30.9 Å².